The molecule has 0 aliphatic carbocycles. The lowest BCUT2D eigenvalue weighted by Gasteiger charge is -2.12. The average molecular weight is 297 g/mol. The Morgan fingerprint density at radius 2 is 1.55 bits per heavy atom. The molecule has 0 spiro atoms. The summed E-state index contributed by atoms with van der Waals surface area (Å²) >= 11 is 5.79. The van der Waals surface area contributed by atoms with Crippen molar-refractivity contribution in [2.24, 2.45) is 0 Å². The van der Waals surface area contributed by atoms with Gasteiger partial charge in [-0.05, 0) is 18.2 Å². The first kappa shape index (κ1) is 14.5. The fourth-order valence-corrected chi connectivity index (χ4v) is 1.93. The lowest BCUT2D eigenvalue weighted by molar-refractivity contribution is 0.386. The minimum Gasteiger partial charge on any atom is -0.496 e. The molecule has 3 nitrogen and oxygen atoms in total. The van der Waals surface area contributed by atoms with Crippen LogP contribution < -0.4 is 14.2 Å². The second-order valence-corrected chi connectivity index (χ2v) is 4.30. The van der Waals surface area contributed by atoms with E-state index in [2.05, 4.69) is 0 Å². The molecule has 0 unspecified atom stereocenters. The van der Waals surface area contributed by atoms with Crippen LogP contribution in [0.2, 0.25) is 0 Å². The SMILES string of the molecule is COc1cc(OC)cc(Oc2ccc(F)cc2CCl)c1. The first-order valence-corrected chi connectivity index (χ1v) is 6.45. The third-order valence-electron chi connectivity index (χ3n) is 2.72. The molecular formula is C15H14ClFO3. The van der Waals surface area contributed by atoms with Crippen molar-refractivity contribution in [3.8, 4) is 23.0 Å². The quantitative estimate of drug-likeness (QED) is 0.767. The third kappa shape index (κ3) is 3.33. The van der Waals surface area contributed by atoms with E-state index in [0.29, 0.717) is 28.6 Å². The van der Waals surface area contributed by atoms with E-state index in [9.17, 15) is 4.39 Å². The molecule has 20 heavy (non-hydrogen) atoms. The van der Waals surface area contributed by atoms with Gasteiger partial charge >= 0.3 is 0 Å². The molecule has 0 amide bonds. The Kier molecular flexibility index (Phi) is 4.69. The fraction of sp³-hybridized carbons (Fsp3) is 0.200. The summed E-state index contributed by atoms with van der Waals surface area (Å²) < 4.78 is 29.2. The summed E-state index contributed by atoms with van der Waals surface area (Å²) in [6.45, 7) is 0. The van der Waals surface area contributed by atoms with Gasteiger partial charge in [0.2, 0.25) is 0 Å². The first-order valence-electron chi connectivity index (χ1n) is 5.91. The van der Waals surface area contributed by atoms with Crippen molar-refractivity contribution in [3.05, 3.63) is 47.8 Å². The minimum absolute atomic E-state index is 0.161. The van der Waals surface area contributed by atoms with Crippen molar-refractivity contribution >= 4 is 11.6 Å². The van der Waals surface area contributed by atoms with E-state index in [0.717, 1.165) is 0 Å². The number of halogens is 2. The highest BCUT2D eigenvalue weighted by Gasteiger charge is 2.08. The molecule has 0 radical (unpaired) electrons. The van der Waals surface area contributed by atoms with Gasteiger partial charge in [-0.3, -0.25) is 0 Å². The van der Waals surface area contributed by atoms with E-state index in [-0.39, 0.29) is 11.7 Å². The van der Waals surface area contributed by atoms with Gasteiger partial charge in [0.25, 0.3) is 0 Å². The van der Waals surface area contributed by atoms with Crippen molar-refractivity contribution in [3.63, 3.8) is 0 Å². The van der Waals surface area contributed by atoms with Crippen LogP contribution in [0.15, 0.2) is 36.4 Å². The highest BCUT2D eigenvalue weighted by atomic mass is 35.5. The second kappa shape index (κ2) is 6.48. The van der Waals surface area contributed by atoms with Crippen LogP contribution in [0.4, 0.5) is 4.39 Å². The number of methoxy groups -OCH3 is 2. The number of hydrogen-bond donors (Lipinski definition) is 0. The van der Waals surface area contributed by atoms with Crippen LogP contribution in [0.3, 0.4) is 0 Å². The maximum absolute atomic E-state index is 13.2. The number of rotatable bonds is 5. The van der Waals surface area contributed by atoms with Crippen molar-refractivity contribution in [2.45, 2.75) is 5.88 Å². The second-order valence-electron chi connectivity index (χ2n) is 4.04. The smallest absolute Gasteiger partial charge is 0.134 e. The predicted molar refractivity (Wildman–Crippen MR) is 75.6 cm³/mol. The lowest BCUT2D eigenvalue weighted by atomic mass is 10.2. The summed E-state index contributed by atoms with van der Waals surface area (Å²) in [5.41, 5.74) is 0.577. The highest BCUT2D eigenvalue weighted by molar-refractivity contribution is 6.17. The summed E-state index contributed by atoms with van der Waals surface area (Å²) in [6, 6.07) is 9.37. The Bertz CT molecular complexity index is 579. The molecule has 0 atom stereocenters. The van der Waals surface area contributed by atoms with Crippen LogP contribution in [-0.4, -0.2) is 14.2 Å². The van der Waals surface area contributed by atoms with E-state index in [1.165, 1.54) is 12.1 Å². The molecule has 0 N–H and O–H groups in total. The first-order chi connectivity index (χ1) is 9.66. The van der Waals surface area contributed by atoms with Gasteiger partial charge in [0.1, 0.15) is 28.8 Å². The van der Waals surface area contributed by atoms with Gasteiger partial charge in [-0.1, -0.05) is 0 Å². The molecule has 0 aliphatic rings. The van der Waals surface area contributed by atoms with Crippen LogP contribution in [-0.2, 0) is 5.88 Å². The number of alkyl halides is 1. The predicted octanol–water partition coefficient (Wildman–Crippen LogP) is 4.37. The van der Waals surface area contributed by atoms with Crippen molar-refractivity contribution < 1.29 is 18.6 Å². The van der Waals surface area contributed by atoms with Crippen LogP contribution in [0, 0.1) is 5.82 Å². The molecule has 106 valence electrons. The zero-order valence-corrected chi connectivity index (χ0v) is 11.9. The van der Waals surface area contributed by atoms with Crippen LogP contribution in [0.1, 0.15) is 5.56 Å². The van der Waals surface area contributed by atoms with Gasteiger partial charge in [-0.25, -0.2) is 4.39 Å². The number of ether oxygens (including phenoxy) is 3. The minimum atomic E-state index is -0.351. The Hall–Kier alpha value is -1.94. The third-order valence-corrected chi connectivity index (χ3v) is 3.01. The summed E-state index contributed by atoms with van der Waals surface area (Å²) in [5, 5.41) is 0. The Labute approximate surface area is 121 Å². The van der Waals surface area contributed by atoms with Crippen LogP contribution in [0.5, 0.6) is 23.0 Å². The zero-order chi connectivity index (χ0) is 14.5. The molecule has 0 aromatic heterocycles. The van der Waals surface area contributed by atoms with Gasteiger partial charge in [-0.15, -0.1) is 11.6 Å². The molecule has 2 aromatic rings. The normalized spacial score (nSPS) is 10.2. The van der Waals surface area contributed by atoms with Crippen LogP contribution >= 0.6 is 11.6 Å². The van der Waals surface area contributed by atoms with E-state index in [1.807, 2.05) is 0 Å². The molecule has 0 saturated heterocycles. The average Bonchev–Trinajstić information content (AvgIpc) is 2.48. The summed E-state index contributed by atoms with van der Waals surface area (Å²) in [4.78, 5) is 0. The number of benzene rings is 2. The molecule has 2 aromatic carbocycles. The Balaban J connectivity index is 2.34. The maximum Gasteiger partial charge on any atom is 0.134 e. The Morgan fingerprint density at radius 1 is 0.950 bits per heavy atom. The van der Waals surface area contributed by atoms with E-state index in [1.54, 1.807) is 38.5 Å². The Morgan fingerprint density at radius 3 is 2.10 bits per heavy atom. The summed E-state index contributed by atoms with van der Waals surface area (Å²) in [6.07, 6.45) is 0. The standard InChI is InChI=1S/C15H14ClFO3/c1-18-12-6-13(19-2)8-14(7-12)20-15-4-3-11(17)5-10(15)9-16/h3-8H,9H2,1-2H3. The molecule has 0 aliphatic heterocycles. The maximum atomic E-state index is 13.2. The molecule has 0 saturated carbocycles. The van der Waals surface area contributed by atoms with Gasteiger partial charge in [-0.2, -0.15) is 0 Å². The molecule has 0 heterocycles. The zero-order valence-electron chi connectivity index (χ0n) is 11.2. The van der Waals surface area contributed by atoms with Crippen LogP contribution in [0.25, 0.3) is 0 Å². The molecule has 2 rings (SSSR count). The van der Waals surface area contributed by atoms with Gasteiger partial charge in [0, 0.05) is 23.8 Å². The molecule has 0 fully saturated rings. The fourth-order valence-electron chi connectivity index (χ4n) is 1.72. The van der Waals surface area contributed by atoms with E-state index < -0.39 is 0 Å². The largest absolute Gasteiger partial charge is 0.496 e. The molecule has 5 heteroatoms. The van der Waals surface area contributed by atoms with Gasteiger partial charge < -0.3 is 14.2 Å². The summed E-state index contributed by atoms with van der Waals surface area (Å²) in [5.74, 6) is 2.05. The van der Waals surface area contributed by atoms with Gasteiger partial charge in [0.05, 0.1) is 20.1 Å². The van der Waals surface area contributed by atoms with Crippen molar-refractivity contribution in [1.29, 1.82) is 0 Å². The van der Waals surface area contributed by atoms with Crippen molar-refractivity contribution in [2.75, 3.05) is 14.2 Å². The number of hydrogen-bond acceptors (Lipinski definition) is 3. The topological polar surface area (TPSA) is 27.7 Å². The highest BCUT2D eigenvalue weighted by Crippen LogP contribution is 2.32. The monoisotopic (exact) mass is 296 g/mol. The van der Waals surface area contributed by atoms with E-state index >= 15 is 0 Å². The lowest BCUT2D eigenvalue weighted by Crippen LogP contribution is -1.93. The van der Waals surface area contributed by atoms with E-state index in [4.69, 9.17) is 25.8 Å². The van der Waals surface area contributed by atoms with Gasteiger partial charge in [0.15, 0.2) is 0 Å². The van der Waals surface area contributed by atoms with Crippen molar-refractivity contribution in [1.82, 2.24) is 0 Å². The molecular weight excluding hydrogens is 283 g/mol. The molecule has 0 bridgehead atoms. The summed E-state index contributed by atoms with van der Waals surface area (Å²) in [7, 11) is 3.11.